The Kier molecular flexibility index (Phi) is 8.51. The maximum Gasteiger partial charge on any atom is 0.319 e. The van der Waals surface area contributed by atoms with E-state index in [1.165, 1.54) is 0 Å². The average Bonchev–Trinajstić information content (AvgIpc) is 2.17. The second-order valence-electron chi connectivity index (χ2n) is 4.28. The standard InChI is InChI=1S/C11H25NO3Si/c1-5-14-11(13)10-12-8-7-9-16(3,4)15-6-2/h12H,5-10H2,1-4H3. The third-order valence-corrected chi connectivity index (χ3v) is 4.87. The zero-order valence-corrected chi connectivity index (χ0v) is 12.0. The molecule has 0 aromatic carbocycles. The van der Waals surface area contributed by atoms with Crippen molar-refractivity contribution in [3.8, 4) is 0 Å². The van der Waals surface area contributed by atoms with Gasteiger partial charge in [-0.25, -0.2) is 0 Å². The van der Waals surface area contributed by atoms with Gasteiger partial charge in [-0.2, -0.15) is 0 Å². The lowest BCUT2D eigenvalue weighted by atomic mass is 10.4. The van der Waals surface area contributed by atoms with Gasteiger partial charge in [-0.3, -0.25) is 4.79 Å². The van der Waals surface area contributed by atoms with Crippen molar-refractivity contribution in [3.05, 3.63) is 0 Å². The van der Waals surface area contributed by atoms with E-state index in [1.54, 1.807) is 0 Å². The first kappa shape index (κ1) is 15.6. The summed E-state index contributed by atoms with van der Waals surface area (Å²) in [7, 11) is -1.45. The SMILES string of the molecule is CCOC(=O)CNCCC[Si](C)(C)OCC. The number of hydrogen-bond donors (Lipinski definition) is 1. The summed E-state index contributed by atoms with van der Waals surface area (Å²) in [5.41, 5.74) is 0. The highest BCUT2D eigenvalue weighted by molar-refractivity contribution is 6.71. The molecule has 0 rings (SSSR count). The molecular formula is C11H25NO3Si. The summed E-state index contributed by atoms with van der Waals surface area (Å²) in [5.74, 6) is -0.177. The predicted octanol–water partition coefficient (Wildman–Crippen LogP) is 1.77. The molecule has 0 saturated heterocycles. The van der Waals surface area contributed by atoms with Gasteiger partial charge in [-0.05, 0) is 46.0 Å². The molecule has 16 heavy (non-hydrogen) atoms. The Bertz CT molecular complexity index is 198. The zero-order valence-electron chi connectivity index (χ0n) is 11.0. The van der Waals surface area contributed by atoms with Gasteiger partial charge < -0.3 is 14.5 Å². The van der Waals surface area contributed by atoms with E-state index in [0.717, 1.165) is 25.6 Å². The summed E-state index contributed by atoms with van der Waals surface area (Å²) in [6, 6.07) is 1.12. The van der Waals surface area contributed by atoms with Crippen LogP contribution < -0.4 is 5.32 Å². The first-order valence-corrected chi connectivity index (χ1v) is 9.13. The zero-order chi connectivity index (χ0) is 12.4. The number of ether oxygens (including phenoxy) is 1. The molecule has 0 aromatic heterocycles. The largest absolute Gasteiger partial charge is 0.465 e. The summed E-state index contributed by atoms with van der Waals surface area (Å²) in [5, 5.41) is 3.08. The van der Waals surface area contributed by atoms with Crippen LogP contribution in [0.2, 0.25) is 19.1 Å². The smallest absolute Gasteiger partial charge is 0.319 e. The monoisotopic (exact) mass is 247 g/mol. The first-order valence-electron chi connectivity index (χ1n) is 6.02. The predicted molar refractivity (Wildman–Crippen MR) is 68.0 cm³/mol. The van der Waals surface area contributed by atoms with Crippen molar-refractivity contribution in [1.29, 1.82) is 0 Å². The number of esters is 1. The molecule has 0 amide bonds. The molecule has 0 atom stereocenters. The molecule has 96 valence electrons. The van der Waals surface area contributed by atoms with E-state index >= 15 is 0 Å². The summed E-state index contributed by atoms with van der Waals surface area (Å²) in [4.78, 5) is 11.0. The molecule has 0 aliphatic rings. The Morgan fingerprint density at radius 1 is 1.25 bits per heavy atom. The molecule has 0 heterocycles. The van der Waals surface area contributed by atoms with Crippen LogP contribution in [0, 0.1) is 0 Å². The molecule has 0 unspecified atom stereocenters. The molecule has 0 fully saturated rings. The van der Waals surface area contributed by atoms with Gasteiger partial charge in [0.2, 0.25) is 0 Å². The minimum atomic E-state index is -1.45. The lowest BCUT2D eigenvalue weighted by Gasteiger charge is -2.21. The van der Waals surface area contributed by atoms with Gasteiger partial charge in [-0.1, -0.05) is 0 Å². The van der Waals surface area contributed by atoms with Gasteiger partial charge in [0.05, 0.1) is 13.2 Å². The number of rotatable bonds is 9. The number of carbonyl (C=O) groups is 1. The van der Waals surface area contributed by atoms with E-state index in [9.17, 15) is 4.79 Å². The van der Waals surface area contributed by atoms with E-state index in [1.807, 2.05) is 13.8 Å². The van der Waals surface area contributed by atoms with Crippen molar-refractivity contribution >= 4 is 14.3 Å². The Balaban J connectivity index is 3.42. The molecule has 0 radical (unpaired) electrons. The van der Waals surface area contributed by atoms with Gasteiger partial charge in [0.25, 0.3) is 0 Å². The van der Waals surface area contributed by atoms with Crippen LogP contribution in [0.3, 0.4) is 0 Å². The van der Waals surface area contributed by atoms with Crippen LogP contribution in [-0.2, 0) is 14.0 Å². The second-order valence-corrected chi connectivity index (χ2v) is 8.59. The Hall–Kier alpha value is -0.393. The Labute approximate surface area is 99.8 Å². The second kappa shape index (κ2) is 8.72. The quantitative estimate of drug-likeness (QED) is 0.383. The van der Waals surface area contributed by atoms with Crippen LogP contribution in [0.1, 0.15) is 20.3 Å². The third kappa shape index (κ3) is 8.88. The van der Waals surface area contributed by atoms with Crippen LogP contribution in [0.5, 0.6) is 0 Å². The van der Waals surface area contributed by atoms with Crippen LogP contribution in [0.15, 0.2) is 0 Å². The molecule has 1 N–H and O–H groups in total. The lowest BCUT2D eigenvalue weighted by molar-refractivity contribution is -0.141. The van der Waals surface area contributed by atoms with Crippen molar-refractivity contribution in [2.45, 2.75) is 39.4 Å². The van der Waals surface area contributed by atoms with Crippen molar-refractivity contribution in [1.82, 2.24) is 5.32 Å². The Morgan fingerprint density at radius 2 is 1.94 bits per heavy atom. The maximum atomic E-state index is 11.0. The maximum absolute atomic E-state index is 11.0. The molecule has 0 aromatic rings. The first-order chi connectivity index (χ1) is 7.52. The molecule has 0 saturated carbocycles. The third-order valence-electron chi connectivity index (χ3n) is 2.24. The van der Waals surface area contributed by atoms with Crippen molar-refractivity contribution in [3.63, 3.8) is 0 Å². The van der Waals surface area contributed by atoms with E-state index < -0.39 is 8.32 Å². The van der Waals surface area contributed by atoms with E-state index in [4.69, 9.17) is 9.16 Å². The van der Waals surface area contributed by atoms with Crippen LogP contribution in [0.25, 0.3) is 0 Å². The van der Waals surface area contributed by atoms with Crippen LogP contribution in [0.4, 0.5) is 0 Å². The van der Waals surface area contributed by atoms with E-state index in [0.29, 0.717) is 13.2 Å². The molecule has 0 spiro atoms. The van der Waals surface area contributed by atoms with Crippen molar-refractivity contribution < 1.29 is 14.0 Å². The fraction of sp³-hybridized carbons (Fsp3) is 0.909. The topological polar surface area (TPSA) is 47.6 Å². The Morgan fingerprint density at radius 3 is 2.50 bits per heavy atom. The number of carbonyl (C=O) groups excluding carboxylic acids is 1. The fourth-order valence-corrected chi connectivity index (χ4v) is 3.46. The van der Waals surface area contributed by atoms with Gasteiger partial charge in [0.15, 0.2) is 8.32 Å². The van der Waals surface area contributed by atoms with Crippen LogP contribution >= 0.6 is 0 Å². The van der Waals surface area contributed by atoms with Gasteiger partial charge in [0.1, 0.15) is 0 Å². The minimum absolute atomic E-state index is 0.177. The summed E-state index contributed by atoms with van der Waals surface area (Å²) >= 11 is 0. The highest BCUT2D eigenvalue weighted by Gasteiger charge is 2.20. The highest BCUT2D eigenvalue weighted by atomic mass is 28.4. The normalized spacial score (nSPS) is 11.5. The molecule has 0 bridgehead atoms. The minimum Gasteiger partial charge on any atom is -0.465 e. The summed E-state index contributed by atoms with van der Waals surface area (Å²) in [6.45, 7) is 10.7. The number of nitrogens with one attached hydrogen (secondary N) is 1. The van der Waals surface area contributed by atoms with E-state index in [2.05, 4.69) is 18.4 Å². The van der Waals surface area contributed by atoms with Gasteiger partial charge in [-0.15, -0.1) is 0 Å². The molecule has 0 aliphatic heterocycles. The van der Waals surface area contributed by atoms with Gasteiger partial charge in [0, 0.05) is 6.61 Å². The summed E-state index contributed by atoms with van der Waals surface area (Å²) in [6.07, 6.45) is 1.05. The fourth-order valence-electron chi connectivity index (χ4n) is 1.50. The average molecular weight is 247 g/mol. The molecular weight excluding hydrogens is 222 g/mol. The van der Waals surface area contributed by atoms with Crippen LogP contribution in [-0.4, -0.2) is 40.6 Å². The van der Waals surface area contributed by atoms with E-state index in [-0.39, 0.29) is 5.97 Å². The molecule has 5 heteroatoms. The lowest BCUT2D eigenvalue weighted by Crippen LogP contribution is -2.32. The number of hydrogen-bond acceptors (Lipinski definition) is 4. The molecule has 4 nitrogen and oxygen atoms in total. The molecule has 0 aliphatic carbocycles. The summed E-state index contributed by atoms with van der Waals surface area (Å²) < 4.78 is 10.5. The van der Waals surface area contributed by atoms with Gasteiger partial charge >= 0.3 is 5.97 Å². The van der Waals surface area contributed by atoms with Crippen molar-refractivity contribution in [2.75, 3.05) is 26.3 Å². The highest BCUT2D eigenvalue weighted by Crippen LogP contribution is 2.12. The van der Waals surface area contributed by atoms with Crippen molar-refractivity contribution in [2.24, 2.45) is 0 Å².